The Labute approximate surface area is 492 Å². The first-order chi connectivity index (χ1) is 40.3. The summed E-state index contributed by atoms with van der Waals surface area (Å²) in [5, 5.41) is 42.9. The van der Waals surface area contributed by atoms with E-state index in [4.69, 9.17) is 17.2 Å². The van der Waals surface area contributed by atoms with E-state index in [0.717, 1.165) is 21.6 Å². The fourth-order valence-corrected chi connectivity index (χ4v) is 11.4. The zero-order chi connectivity index (χ0) is 60.7. The minimum atomic E-state index is -1.75. The molecule has 0 aliphatic carbocycles. The molecular formula is C58H72N12O12S2. The number of unbranched alkanes of at least 4 members (excludes halogenated alkanes) is 1. The van der Waals surface area contributed by atoms with Crippen molar-refractivity contribution in [3.8, 4) is 0 Å². The highest BCUT2D eigenvalue weighted by Crippen LogP contribution is 2.24. The summed E-state index contributed by atoms with van der Waals surface area (Å²) >= 11 is 0. The Morgan fingerprint density at radius 3 is 1.46 bits per heavy atom. The van der Waals surface area contributed by atoms with E-state index in [0.29, 0.717) is 39.6 Å². The Hall–Kier alpha value is -8.30. The lowest BCUT2D eigenvalue weighted by molar-refractivity contribution is -0.141. The first-order valence-electron chi connectivity index (χ1n) is 27.3. The Bertz CT molecular complexity index is 3070. The molecule has 1 aliphatic rings. The van der Waals surface area contributed by atoms with Crippen LogP contribution in [-0.2, 0) is 73.6 Å². The predicted molar refractivity (Wildman–Crippen MR) is 317 cm³/mol. The number of nitrogens with one attached hydrogen (secondary N) is 9. The number of carbonyl (C=O) groups excluding carboxylic acids is 9. The summed E-state index contributed by atoms with van der Waals surface area (Å²) in [6, 6.07) is 19.2. The third-order valence-electron chi connectivity index (χ3n) is 13.7. The van der Waals surface area contributed by atoms with Crippen molar-refractivity contribution in [1.82, 2.24) is 47.5 Å². The van der Waals surface area contributed by atoms with Crippen molar-refractivity contribution in [3.63, 3.8) is 0 Å². The first-order valence-corrected chi connectivity index (χ1v) is 29.8. The molecule has 1 fully saturated rings. The van der Waals surface area contributed by atoms with Gasteiger partial charge in [-0.25, -0.2) is 4.79 Å². The van der Waals surface area contributed by atoms with Crippen LogP contribution in [0.1, 0.15) is 54.9 Å². The average Bonchev–Trinajstić information content (AvgIpc) is 3.71. The van der Waals surface area contributed by atoms with Gasteiger partial charge in [0.05, 0.1) is 18.6 Å². The molecule has 0 spiro atoms. The number of H-pyrrole nitrogens is 1. The number of aromatic amines is 1. The Kier molecular flexibility index (Phi) is 25.1. The number of aromatic nitrogens is 1. The lowest BCUT2D eigenvalue weighted by atomic mass is 10.00. The second-order valence-electron chi connectivity index (χ2n) is 20.3. The van der Waals surface area contributed by atoms with Gasteiger partial charge in [0.15, 0.2) is 0 Å². The number of carboxylic acid groups (broad SMARTS) is 1. The number of fused-ring (bicyclic) bond motifs is 1. The number of hydrogen-bond donors (Lipinski definition) is 14. The topological polar surface area (TPSA) is 401 Å². The minimum Gasteiger partial charge on any atom is -0.480 e. The van der Waals surface area contributed by atoms with Crippen LogP contribution < -0.4 is 59.7 Å². The molecule has 4 aromatic carbocycles. The van der Waals surface area contributed by atoms with E-state index in [2.05, 4.69) is 47.5 Å². The fourth-order valence-electron chi connectivity index (χ4n) is 9.13. The van der Waals surface area contributed by atoms with Gasteiger partial charge in [0, 0.05) is 54.3 Å². The number of carbonyl (C=O) groups is 10. The van der Waals surface area contributed by atoms with Crippen molar-refractivity contribution in [2.24, 2.45) is 17.2 Å². The molecule has 9 amide bonds. The van der Waals surface area contributed by atoms with Gasteiger partial charge in [0.2, 0.25) is 53.2 Å². The largest absolute Gasteiger partial charge is 0.480 e. The maximum atomic E-state index is 15.0. The number of amides is 9. The van der Waals surface area contributed by atoms with E-state index in [1.54, 1.807) is 109 Å². The van der Waals surface area contributed by atoms with E-state index < -0.39 is 126 Å². The molecular weight excluding hydrogens is 1120 g/mol. The molecule has 10 atom stereocenters. The zero-order valence-electron chi connectivity index (χ0n) is 46.1. The minimum absolute atomic E-state index is 0.0420. The van der Waals surface area contributed by atoms with Gasteiger partial charge in [-0.05, 0) is 61.1 Å². The number of carboxylic acids is 1. The normalized spacial score (nSPS) is 23.7. The van der Waals surface area contributed by atoms with E-state index in [-0.39, 0.29) is 56.6 Å². The van der Waals surface area contributed by atoms with Crippen molar-refractivity contribution in [1.29, 1.82) is 0 Å². The molecule has 6 rings (SSSR count). The number of rotatable bonds is 16. The van der Waals surface area contributed by atoms with E-state index >= 15 is 0 Å². The Morgan fingerprint density at radius 2 is 0.964 bits per heavy atom. The molecule has 2 heterocycles. The summed E-state index contributed by atoms with van der Waals surface area (Å²) in [5.74, 6) is -10.4. The van der Waals surface area contributed by atoms with Crippen LogP contribution in [0.25, 0.3) is 10.9 Å². The summed E-state index contributed by atoms with van der Waals surface area (Å²) in [6.45, 7) is 1.44. The highest BCUT2D eigenvalue weighted by molar-refractivity contribution is 8.76. The summed E-state index contributed by atoms with van der Waals surface area (Å²) < 4.78 is 0. The second kappa shape index (κ2) is 32.5. The van der Waals surface area contributed by atoms with Crippen LogP contribution in [0, 0.1) is 0 Å². The van der Waals surface area contributed by atoms with Gasteiger partial charge in [-0.3, -0.25) is 43.2 Å². The van der Waals surface area contributed by atoms with Crippen LogP contribution in [0.3, 0.4) is 0 Å². The van der Waals surface area contributed by atoms with Crippen molar-refractivity contribution in [2.45, 2.75) is 119 Å². The zero-order valence-corrected chi connectivity index (χ0v) is 47.8. The molecule has 1 aliphatic heterocycles. The number of nitrogens with two attached hydrogens (primary N) is 3. The van der Waals surface area contributed by atoms with Crippen LogP contribution in [0.2, 0.25) is 0 Å². The Morgan fingerprint density at radius 1 is 0.536 bits per heavy atom. The summed E-state index contributed by atoms with van der Waals surface area (Å²) in [4.78, 5) is 144. The number of hydrogen-bond acceptors (Lipinski definition) is 15. The highest BCUT2D eigenvalue weighted by atomic mass is 33.1. The lowest BCUT2D eigenvalue weighted by Gasteiger charge is -2.29. The molecule has 448 valence electrons. The average molecular weight is 1190 g/mol. The smallest absolute Gasteiger partial charge is 0.327 e. The van der Waals surface area contributed by atoms with Crippen LogP contribution in [0.15, 0.2) is 121 Å². The highest BCUT2D eigenvalue weighted by Gasteiger charge is 2.37. The van der Waals surface area contributed by atoms with Crippen molar-refractivity contribution < 1.29 is 58.2 Å². The molecule has 5 aromatic rings. The van der Waals surface area contributed by atoms with Gasteiger partial charge in [0.1, 0.15) is 48.3 Å². The maximum absolute atomic E-state index is 15.0. The molecule has 0 saturated carbocycles. The number of aliphatic hydroxyl groups is 1. The van der Waals surface area contributed by atoms with Crippen LogP contribution in [0.4, 0.5) is 0 Å². The molecule has 1 aromatic heterocycles. The third-order valence-corrected chi connectivity index (χ3v) is 16.1. The molecule has 24 nitrogen and oxygen atoms in total. The number of primary amides is 1. The lowest BCUT2D eigenvalue weighted by Crippen LogP contribution is -2.62. The van der Waals surface area contributed by atoms with Crippen molar-refractivity contribution >= 4 is 91.6 Å². The molecule has 84 heavy (non-hydrogen) atoms. The Balaban J connectivity index is 1.42. The monoisotopic (exact) mass is 1190 g/mol. The number of benzene rings is 4. The summed E-state index contributed by atoms with van der Waals surface area (Å²) in [6.07, 6.45) is -0.665. The van der Waals surface area contributed by atoms with Crippen LogP contribution >= 0.6 is 21.6 Å². The van der Waals surface area contributed by atoms with Gasteiger partial charge in [-0.15, -0.1) is 0 Å². The van der Waals surface area contributed by atoms with Gasteiger partial charge >= 0.3 is 5.97 Å². The summed E-state index contributed by atoms with van der Waals surface area (Å²) in [5.41, 5.74) is 20.6. The number of aliphatic carboxylic acids is 1. The molecule has 0 bridgehead atoms. The predicted octanol–water partition coefficient (Wildman–Crippen LogP) is -0.491. The number of aliphatic hydroxyl groups excluding tert-OH is 1. The molecule has 26 heteroatoms. The van der Waals surface area contributed by atoms with Crippen molar-refractivity contribution in [2.75, 3.05) is 18.1 Å². The molecule has 0 radical (unpaired) electrons. The summed E-state index contributed by atoms with van der Waals surface area (Å²) in [7, 11) is 1.88. The molecule has 17 N–H and O–H groups in total. The second-order valence-corrected chi connectivity index (χ2v) is 22.8. The maximum Gasteiger partial charge on any atom is 0.327 e. The van der Waals surface area contributed by atoms with E-state index in [1.807, 2.05) is 12.1 Å². The molecule has 0 unspecified atom stereocenters. The fraction of sp³-hybridized carbons (Fsp3) is 0.379. The van der Waals surface area contributed by atoms with Gasteiger partial charge in [-0.1, -0.05) is 131 Å². The third kappa shape index (κ3) is 20.0. The number of para-hydroxylation sites is 1. The van der Waals surface area contributed by atoms with Gasteiger partial charge < -0.3 is 74.9 Å². The van der Waals surface area contributed by atoms with E-state index in [1.165, 1.54) is 6.92 Å². The van der Waals surface area contributed by atoms with Gasteiger partial charge in [0.25, 0.3) is 0 Å². The SMILES string of the molecule is C[C@@H](O)[C@@H]1NC(=O)[C@H](CCCCN)NC(=O)[C@@H](Cc2c[nH]c3ccccc23)NC(=O)[C@H](Cc2ccccc2)NC(=O)[C@H](Cc2ccccc2)NC(=O)[C@H](CC(N)=O)NC(=O)[C@@H](N)CSSC[C@@H](C(=O)O)NC(=O)[C@H](Cc2ccccc2)NC1=O. The van der Waals surface area contributed by atoms with E-state index in [9.17, 15) is 58.2 Å². The quantitative estimate of drug-likeness (QED) is 0.0438. The standard InChI is InChI=1S/C58H72N12O12S2/c1-33(71)49-57(80)68-44(27-36-19-9-4-10-20-36)54(77)69-47(58(81)82)32-84-83-31-39(60)50(73)64-46(29-48(61)72)56(79)66-42(25-34-15-5-2-6-16-34)52(75)65-43(26-35-17-7-3-8-18-35)53(76)67-45(28-37-30-62-40-22-12-11-21-38(37)40)55(78)63-41(51(74)70-49)23-13-14-24-59/h2-12,15-22,30,33,39,41-47,49,62,71H,13-14,23-29,31-32,59-60H2,1H3,(H2,61,72)(H,63,78)(H,64,73)(H,65,75)(H,66,79)(H,67,76)(H,68,80)(H,69,77)(H,70,74)(H,81,82)/t33-,39+,41+,42+,43+,44+,45-,46+,47+,49+/m1/s1. The first kappa shape index (κ1) is 64.9. The molecule has 1 saturated heterocycles. The van der Waals surface area contributed by atoms with Crippen LogP contribution in [-0.4, -0.2) is 153 Å². The van der Waals surface area contributed by atoms with Crippen molar-refractivity contribution in [3.05, 3.63) is 144 Å². The van der Waals surface area contributed by atoms with Crippen LogP contribution in [0.5, 0.6) is 0 Å². The van der Waals surface area contributed by atoms with Gasteiger partial charge in [-0.2, -0.15) is 0 Å².